The maximum Gasteiger partial charge on any atom is 0.123 e. The zero-order valence-electron chi connectivity index (χ0n) is 9.42. The molecule has 3 aliphatic rings. The fraction of sp³-hybridized carbons (Fsp3) is 0.769. The van der Waals surface area contributed by atoms with Crippen molar-refractivity contribution in [1.29, 1.82) is 0 Å². The van der Waals surface area contributed by atoms with E-state index in [1.807, 2.05) is 0 Å². The van der Waals surface area contributed by atoms with Crippen LogP contribution in [-0.4, -0.2) is 6.29 Å². The van der Waals surface area contributed by atoms with Gasteiger partial charge in [-0.1, -0.05) is 32.9 Å². The van der Waals surface area contributed by atoms with Crippen molar-refractivity contribution >= 4 is 6.29 Å². The summed E-state index contributed by atoms with van der Waals surface area (Å²) in [5.41, 5.74) is 0.488. The minimum atomic E-state index is 0.180. The minimum absolute atomic E-state index is 0.180. The molecular weight excluding hydrogens is 172 g/mol. The van der Waals surface area contributed by atoms with Gasteiger partial charge in [0.1, 0.15) is 6.29 Å². The molecule has 0 spiro atoms. The zero-order chi connectivity index (χ0) is 10.4. The van der Waals surface area contributed by atoms with Crippen LogP contribution in [0, 0.1) is 22.7 Å². The standard InChI is InChI=1S/C13H20O/c1-10(2)13-6-4-12(3,5-7-13)8-11(13)9-14/h4,6,9-11H,5,7-8H2,1-3H3/t11-,12+,13-/m0/s1. The van der Waals surface area contributed by atoms with E-state index in [9.17, 15) is 4.79 Å². The van der Waals surface area contributed by atoms with Gasteiger partial charge in [0.05, 0.1) is 0 Å². The molecule has 3 aliphatic carbocycles. The van der Waals surface area contributed by atoms with Gasteiger partial charge in [0.15, 0.2) is 0 Å². The molecule has 14 heavy (non-hydrogen) atoms. The van der Waals surface area contributed by atoms with Gasteiger partial charge in [-0.25, -0.2) is 0 Å². The second-order valence-corrected chi connectivity index (χ2v) is 5.70. The van der Waals surface area contributed by atoms with E-state index in [-0.39, 0.29) is 11.3 Å². The Hall–Kier alpha value is -0.590. The summed E-state index contributed by atoms with van der Waals surface area (Å²) in [6.45, 7) is 6.77. The highest BCUT2D eigenvalue weighted by Crippen LogP contribution is 2.57. The van der Waals surface area contributed by atoms with Gasteiger partial charge in [-0.05, 0) is 36.0 Å². The van der Waals surface area contributed by atoms with E-state index in [0.717, 1.165) is 6.42 Å². The zero-order valence-corrected chi connectivity index (χ0v) is 9.42. The molecule has 1 heteroatoms. The van der Waals surface area contributed by atoms with E-state index in [0.29, 0.717) is 11.3 Å². The molecule has 0 heterocycles. The lowest BCUT2D eigenvalue weighted by molar-refractivity contribution is -0.119. The number of hydrogen-bond donors (Lipinski definition) is 0. The van der Waals surface area contributed by atoms with Crippen LogP contribution in [0.4, 0.5) is 0 Å². The van der Waals surface area contributed by atoms with E-state index in [2.05, 4.69) is 32.9 Å². The molecule has 0 amide bonds. The summed E-state index contributed by atoms with van der Waals surface area (Å²) in [6, 6.07) is 0. The van der Waals surface area contributed by atoms with E-state index in [4.69, 9.17) is 0 Å². The molecule has 0 unspecified atom stereocenters. The Balaban J connectivity index is 2.40. The molecule has 0 aromatic carbocycles. The Kier molecular flexibility index (Phi) is 2.09. The lowest BCUT2D eigenvalue weighted by atomic mass is 9.51. The molecule has 0 aromatic heterocycles. The first-order valence-corrected chi connectivity index (χ1v) is 5.68. The summed E-state index contributed by atoms with van der Waals surface area (Å²) in [7, 11) is 0. The third kappa shape index (κ3) is 1.18. The topological polar surface area (TPSA) is 17.1 Å². The van der Waals surface area contributed by atoms with Crippen LogP contribution in [0.5, 0.6) is 0 Å². The molecule has 3 rings (SSSR count). The summed E-state index contributed by atoms with van der Waals surface area (Å²) in [5.74, 6) is 0.838. The van der Waals surface area contributed by atoms with Gasteiger partial charge in [0.2, 0.25) is 0 Å². The van der Waals surface area contributed by atoms with Gasteiger partial charge in [-0.3, -0.25) is 0 Å². The average Bonchev–Trinajstić information content (AvgIpc) is 2.17. The van der Waals surface area contributed by atoms with Crippen molar-refractivity contribution < 1.29 is 4.79 Å². The average molecular weight is 192 g/mol. The summed E-state index contributed by atoms with van der Waals surface area (Å²) in [5, 5.41) is 0. The third-order valence-corrected chi connectivity index (χ3v) is 4.54. The Morgan fingerprint density at radius 3 is 2.50 bits per heavy atom. The first kappa shape index (κ1) is 9.95. The van der Waals surface area contributed by atoms with Gasteiger partial charge in [0, 0.05) is 5.92 Å². The van der Waals surface area contributed by atoms with E-state index < -0.39 is 0 Å². The largest absolute Gasteiger partial charge is 0.303 e. The quantitative estimate of drug-likeness (QED) is 0.485. The predicted molar refractivity (Wildman–Crippen MR) is 57.9 cm³/mol. The Morgan fingerprint density at radius 2 is 2.07 bits per heavy atom. The molecule has 1 fully saturated rings. The fourth-order valence-corrected chi connectivity index (χ4v) is 3.28. The highest BCUT2D eigenvalue weighted by atomic mass is 16.1. The SMILES string of the molecule is CC(C)[C@]12C=C[C@](C)(CC1)C[C@H]2C=O. The molecule has 0 radical (unpaired) electrons. The number of aldehydes is 1. The Labute approximate surface area is 86.6 Å². The summed E-state index contributed by atoms with van der Waals surface area (Å²) in [4.78, 5) is 11.2. The lowest BCUT2D eigenvalue weighted by Gasteiger charge is -2.53. The summed E-state index contributed by atoms with van der Waals surface area (Å²) < 4.78 is 0. The van der Waals surface area contributed by atoms with Crippen LogP contribution in [-0.2, 0) is 4.79 Å². The number of carbonyl (C=O) groups is 1. The van der Waals surface area contributed by atoms with Crippen molar-refractivity contribution in [1.82, 2.24) is 0 Å². The molecule has 78 valence electrons. The first-order chi connectivity index (χ1) is 6.52. The van der Waals surface area contributed by atoms with Crippen LogP contribution < -0.4 is 0 Å². The molecule has 0 aromatic rings. The maximum atomic E-state index is 11.2. The highest BCUT2D eigenvalue weighted by Gasteiger charge is 2.50. The van der Waals surface area contributed by atoms with Crippen molar-refractivity contribution in [3.63, 3.8) is 0 Å². The van der Waals surface area contributed by atoms with Gasteiger partial charge in [-0.15, -0.1) is 0 Å². The minimum Gasteiger partial charge on any atom is -0.303 e. The Bertz CT molecular complexity index is 279. The number of allylic oxidation sites excluding steroid dienone is 2. The number of carbonyl (C=O) groups excluding carboxylic acids is 1. The smallest absolute Gasteiger partial charge is 0.123 e. The van der Waals surface area contributed by atoms with Crippen molar-refractivity contribution in [2.45, 2.75) is 40.0 Å². The van der Waals surface area contributed by atoms with E-state index in [1.54, 1.807) is 0 Å². The molecule has 3 atom stereocenters. The van der Waals surface area contributed by atoms with Crippen LogP contribution in [0.3, 0.4) is 0 Å². The van der Waals surface area contributed by atoms with Crippen LogP contribution >= 0.6 is 0 Å². The molecule has 0 saturated heterocycles. The molecular formula is C13H20O. The highest BCUT2D eigenvalue weighted by molar-refractivity contribution is 5.58. The van der Waals surface area contributed by atoms with Crippen molar-refractivity contribution in [2.75, 3.05) is 0 Å². The van der Waals surface area contributed by atoms with Gasteiger partial charge in [0.25, 0.3) is 0 Å². The second kappa shape index (κ2) is 2.95. The molecule has 0 N–H and O–H groups in total. The molecule has 0 aliphatic heterocycles. The van der Waals surface area contributed by atoms with Crippen molar-refractivity contribution in [3.8, 4) is 0 Å². The van der Waals surface area contributed by atoms with E-state index in [1.165, 1.54) is 19.1 Å². The number of rotatable bonds is 2. The third-order valence-electron chi connectivity index (χ3n) is 4.54. The van der Waals surface area contributed by atoms with Crippen molar-refractivity contribution in [2.24, 2.45) is 22.7 Å². The molecule has 1 saturated carbocycles. The number of hydrogen-bond acceptors (Lipinski definition) is 1. The van der Waals surface area contributed by atoms with Crippen molar-refractivity contribution in [3.05, 3.63) is 12.2 Å². The summed E-state index contributed by atoms with van der Waals surface area (Å²) in [6.07, 6.45) is 9.40. The monoisotopic (exact) mass is 192 g/mol. The van der Waals surface area contributed by atoms with Crippen LogP contribution in [0.2, 0.25) is 0 Å². The number of fused-ring (bicyclic) bond motifs is 2. The van der Waals surface area contributed by atoms with E-state index >= 15 is 0 Å². The van der Waals surface area contributed by atoms with Crippen LogP contribution in [0.25, 0.3) is 0 Å². The maximum absolute atomic E-state index is 11.2. The first-order valence-electron chi connectivity index (χ1n) is 5.68. The fourth-order valence-electron chi connectivity index (χ4n) is 3.28. The lowest BCUT2D eigenvalue weighted by Crippen LogP contribution is -2.46. The second-order valence-electron chi connectivity index (χ2n) is 5.70. The van der Waals surface area contributed by atoms with Gasteiger partial charge < -0.3 is 4.79 Å². The Morgan fingerprint density at radius 1 is 1.36 bits per heavy atom. The normalized spacial score (nSPS) is 45.9. The van der Waals surface area contributed by atoms with Crippen LogP contribution in [0.1, 0.15) is 40.0 Å². The summed E-state index contributed by atoms with van der Waals surface area (Å²) >= 11 is 0. The molecule has 1 nitrogen and oxygen atoms in total. The molecule has 2 bridgehead atoms. The van der Waals surface area contributed by atoms with Crippen LogP contribution in [0.15, 0.2) is 12.2 Å². The van der Waals surface area contributed by atoms with Gasteiger partial charge in [-0.2, -0.15) is 0 Å². The predicted octanol–water partition coefficient (Wildman–Crippen LogP) is 3.20. The van der Waals surface area contributed by atoms with Gasteiger partial charge >= 0.3 is 0 Å².